The number of aromatic nitrogens is 2. The topological polar surface area (TPSA) is 39.1 Å². The smallest absolute Gasteiger partial charge is 0.406 e. The van der Waals surface area contributed by atoms with Gasteiger partial charge in [0.1, 0.15) is 5.75 Å². The molecule has 1 aromatic heterocycles. The normalized spacial score (nSPS) is 13.1. The highest BCUT2D eigenvalue weighted by atomic mass is 19.4. The molecule has 0 fully saturated rings. The summed E-state index contributed by atoms with van der Waals surface area (Å²) in [6.07, 6.45) is 0.675. The molecule has 0 saturated heterocycles. The van der Waals surface area contributed by atoms with Crippen LogP contribution in [0.2, 0.25) is 0 Å². The molecular formula is C14H16F3N3O. The van der Waals surface area contributed by atoms with Gasteiger partial charge in [0, 0.05) is 31.5 Å². The molecule has 0 amide bonds. The molecule has 0 aliphatic carbocycles. The molecule has 0 spiro atoms. The molecule has 0 aliphatic rings. The summed E-state index contributed by atoms with van der Waals surface area (Å²) in [5.41, 5.74) is 0.891. The third-order valence-corrected chi connectivity index (χ3v) is 2.86. The van der Waals surface area contributed by atoms with Crippen LogP contribution in [0.15, 0.2) is 43.0 Å². The van der Waals surface area contributed by atoms with Gasteiger partial charge in [-0.2, -0.15) is 0 Å². The fourth-order valence-electron chi connectivity index (χ4n) is 1.88. The number of alkyl halides is 3. The van der Waals surface area contributed by atoms with E-state index < -0.39 is 6.36 Å². The Hall–Kier alpha value is -2.02. The lowest BCUT2D eigenvalue weighted by Gasteiger charge is -2.15. The summed E-state index contributed by atoms with van der Waals surface area (Å²) in [6, 6.07) is 6.05. The summed E-state index contributed by atoms with van der Waals surface area (Å²) in [5, 5.41) is 3.29. The van der Waals surface area contributed by atoms with E-state index in [4.69, 9.17) is 0 Å². The second-order valence-electron chi connectivity index (χ2n) is 4.73. The molecule has 21 heavy (non-hydrogen) atoms. The average Bonchev–Trinajstić information content (AvgIpc) is 2.89. The van der Waals surface area contributed by atoms with E-state index in [2.05, 4.69) is 15.0 Å². The van der Waals surface area contributed by atoms with Crippen molar-refractivity contribution in [2.24, 2.45) is 0 Å². The van der Waals surface area contributed by atoms with E-state index in [0.29, 0.717) is 6.54 Å². The highest BCUT2D eigenvalue weighted by Crippen LogP contribution is 2.22. The minimum atomic E-state index is -4.65. The van der Waals surface area contributed by atoms with E-state index in [1.807, 2.05) is 17.7 Å². The molecule has 2 aromatic rings. The van der Waals surface area contributed by atoms with Gasteiger partial charge in [0.15, 0.2) is 0 Å². The second-order valence-corrected chi connectivity index (χ2v) is 4.73. The number of hydrogen-bond donors (Lipinski definition) is 1. The SMILES string of the molecule is CC(Cn1ccnc1)NCc1ccc(OC(F)(F)F)cc1. The largest absolute Gasteiger partial charge is 0.573 e. The summed E-state index contributed by atoms with van der Waals surface area (Å²) >= 11 is 0. The van der Waals surface area contributed by atoms with Crippen LogP contribution in [0.25, 0.3) is 0 Å². The van der Waals surface area contributed by atoms with Crippen LogP contribution in [0.5, 0.6) is 5.75 Å². The van der Waals surface area contributed by atoms with Crippen molar-refractivity contribution in [3.8, 4) is 5.75 Å². The molecule has 2 rings (SSSR count). The van der Waals surface area contributed by atoms with Crippen molar-refractivity contribution in [2.75, 3.05) is 0 Å². The monoisotopic (exact) mass is 299 g/mol. The predicted octanol–water partition coefficient (Wildman–Crippen LogP) is 2.96. The fraction of sp³-hybridized carbons (Fsp3) is 0.357. The molecule has 7 heteroatoms. The van der Waals surface area contributed by atoms with Gasteiger partial charge in [-0.25, -0.2) is 4.98 Å². The van der Waals surface area contributed by atoms with Gasteiger partial charge in [0.25, 0.3) is 0 Å². The van der Waals surface area contributed by atoms with Gasteiger partial charge in [-0.3, -0.25) is 0 Å². The van der Waals surface area contributed by atoms with Gasteiger partial charge >= 0.3 is 6.36 Å². The molecule has 0 saturated carbocycles. The molecule has 4 nitrogen and oxygen atoms in total. The number of ether oxygens (including phenoxy) is 1. The van der Waals surface area contributed by atoms with E-state index in [9.17, 15) is 13.2 Å². The van der Waals surface area contributed by atoms with E-state index in [0.717, 1.165) is 12.1 Å². The quantitative estimate of drug-likeness (QED) is 0.891. The zero-order valence-electron chi connectivity index (χ0n) is 11.5. The van der Waals surface area contributed by atoms with Gasteiger partial charge in [0.05, 0.1) is 6.33 Å². The van der Waals surface area contributed by atoms with Crippen molar-refractivity contribution < 1.29 is 17.9 Å². The van der Waals surface area contributed by atoms with Crippen LogP contribution in [0.3, 0.4) is 0 Å². The van der Waals surface area contributed by atoms with Gasteiger partial charge in [-0.1, -0.05) is 12.1 Å². The molecule has 0 aliphatic heterocycles. The minimum absolute atomic E-state index is 0.210. The van der Waals surface area contributed by atoms with Crippen molar-refractivity contribution in [3.05, 3.63) is 48.5 Å². The van der Waals surface area contributed by atoms with E-state index >= 15 is 0 Å². The highest BCUT2D eigenvalue weighted by molar-refractivity contribution is 5.27. The molecular weight excluding hydrogens is 283 g/mol. The highest BCUT2D eigenvalue weighted by Gasteiger charge is 2.30. The lowest BCUT2D eigenvalue weighted by molar-refractivity contribution is -0.274. The van der Waals surface area contributed by atoms with E-state index in [-0.39, 0.29) is 11.8 Å². The number of nitrogens with zero attached hydrogens (tertiary/aromatic N) is 2. The first kappa shape index (κ1) is 15.4. The van der Waals surface area contributed by atoms with Crippen LogP contribution in [0.1, 0.15) is 12.5 Å². The summed E-state index contributed by atoms with van der Waals surface area (Å²) < 4.78 is 41.9. The number of nitrogens with one attached hydrogen (secondary N) is 1. The standard InChI is InChI=1S/C14H16F3N3O/c1-11(9-20-7-6-18-10-20)19-8-12-2-4-13(5-3-12)21-14(15,16)17/h2-7,10-11,19H,8-9H2,1H3. The number of rotatable bonds is 6. The Kier molecular flexibility index (Phi) is 4.85. The summed E-state index contributed by atoms with van der Waals surface area (Å²) in [7, 11) is 0. The lowest BCUT2D eigenvalue weighted by Crippen LogP contribution is -2.29. The molecule has 1 atom stereocenters. The van der Waals surface area contributed by atoms with Gasteiger partial charge in [-0.15, -0.1) is 13.2 Å². The maximum Gasteiger partial charge on any atom is 0.573 e. The van der Waals surface area contributed by atoms with Crippen LogP contribution in [-0.4, -0.2) is 22.0 Å². The maximum absolute atomic E-state index is 12.0. The minimum Gasteiger partial charge on any atom is -0.406 e. The van der Waals surface area contributed by atoms with Crippen molar-refractivity contribution in [2.45, 2.75) is 32.4 Å². The predicted molar refractivity (Wildman–Crippen MR) is 71.7 cm³/mol. The van der Waals surface area contributed by atoms with Gasteiger partial charge < -0.3 is 14.6 Å². The first-order chi connectivity index (χ1) is 9.92. The van der Waals surface area contributed by atoms with E-state index in [1.165, 1.54) is 12.1 Å². The Morgan fingerprint density at radius 1 is 1.29 bits per heavy atom. The second kappa shape index (κ2) is 6.62. The molecule has 1 aromatic carbocycles. The van der Waals surface area contributed by atoms with Crippen molar-refractivity contribution in [1.82, 2.24) is 14.9 Å². The number of halogens is 3. The van der Waals surface area contributed by atoms with Crippen LogP contribution in [0.4, 0.5) is 13.2 Å². The van der Waals surface area contributed by atoms with Gasteiger partial charge in [-0.05, 0) is 24.6 Å². The molecule has 1 unspecified atom stereocenters. The third kappa shape index (κ3) is 5.47. The fourth-order valence-corrected chi connectivity index (χ4v) is 1.88. The summed E-state index contributed by atoms with van der Waals surface area (Å²) in [4.78, 5) is 3.96. The van der Waals surface area contributed by atoms with Crippen molar-refractivity contribution >= 4 is 0 Å². The summed E-state index contributed by atoms with van der Waals surface area (Å²) in [6.45, 7) is 3.37. The van der Waals surface area contributed by atoms with Crippen molar-refractivity contribution in [1.29, 1.82) is 0 Å². The Morgan fingerprint density at radius 3 is 2.57 bits per heavy atom. The van der Waals surface area contributed by atoms with Crippen LogP contribution < -0.4 is 10.1 Å². The van der Waals surface area contributed by atoms with Crippen LogP contribution in [-0.2, 0) is 13.1 Å². The first-order valence-electron chi connectivity index (χ1n) is 6.46. The van der Waals surface area contributed by atoms with Gasteiger partial charge in [0.2, 0.25) is 0 Å². The van der Waals surface area contributed by atoms with Crippen molar-refractivity contribution in [3.63, 3.8) is 0 Å². The Bertz CT molecular complexity index is 538. The van der Waals surface area contributed by atoms with Crippen LogP contribution >= 0.6 is 0 Å². The molecule has 0 bridgehead atoms. The molecule has 0 radical (unpaired) electrons. The summed E-state index contributed by atoms with van der Waals surface area (Å²) in [5.74, 6) is -0.210. The zero-order valence-corrected chi connectivity index (χ0v) is 11.5. The Morgan fingerprint density at radius 2 is 2.00 bits per heavy atom. The Labute approximate surface area is 120 Å². The Balaban J connectivity index is 1.80. The molecule has 1 heterocycles. The molecule has 114 valence electrons. The van der Waals surface area contributed by atoms with Crippen LogP contribution in [0, 0.1) is 0 Å². The maximum atomic E-state index is 12.0. The third-order valence-electron chi connectivity index (χ3n) is 2.86. The lowest BCUT2D eigenvalue weighted by atomic mass is 10.2. The average molecular weight is 299 g/mol. The number of hydrogen-bond acceptors (Lipinski definition) is 3. The number of imidazole rings is 1. The first-order valence-corrected chi connectivity index (χ1v) is 6.46. The zero-order chi connectivity index (χ0) is 15.3. The van der Waals surface area contributed by atoms with E-state index in [1.54, 1.807) is 24.7 Å². The number of benzene rings is 1. The molecule has 1 N–H and O–H groups in total.